The maximum absolute atomic E-state index is 12.7. The van der Waals surface area contributed by atoms with Gasteiger partial charge in [-0.25, -0.2) is 25.1 Å². The first-order valence-electron chi connectivity index (χ1n) is 9.15. The molecule has 0 spiro atoms. The fourth-order valence-electron chi connectivity index (χ4n) is 3.44. The second-order valence-corrected chi connectivity index (χ2v) is 7.06. The van der Waals surface area contributed by atoms with E-state index in [1.54, 1.807) is 17.8 Å². The van der Waals surface area contributed by atoms with Crippen molar-refractivity contribution in [2.75, 3.05) is 6.54 Å². The Hall–Kier alpha value is -3.54. The maximum Gasteiger partial charge on any atom is 0.407 e. The average Bonchev–Trinajstić information content (AvgIpc) is 3.39. The molecule has 0 bridgehead atoms. The van der Waals surface area contributed by atoms with Gasteiger partial charge in [0.2, 0.25) is 5.65 Å². The van der Waals surface area contributed by atoms with Crippen LogP contribution in [-0.2, 0) is 6.54 Å². The van der Waals surface area contributed by atoms with Crippen LogP contribution in [0.25, 0.3) is 22.5 Å². The van der Waals surface area contributed by atoms with E-state index in [1.807, 2.05) is 28.9 Å². The van der Waals surface area contributed by atoms with Gasteiger partial charge < -0.3 is 9.41 Å². The number of hydrogen-bond acceptors (Lipinski definition) is 7. The summed E-state index contributed by atoms with van der Waals surface area (Å²) in [5.41, 5.74) is 6.49. The van der Waals surface area contributed by atoms with Crippen LogP contribution in [0.15, 0.2) is 43.1 Å². The average molecular weight is 415 g/mol. The number of halogens is 3. The van der Waals surface area contributed by atoms with Crippen LogP contribution < -0.4 is 5.43 Å². The van der Waals surface area contributed by atoms with Crippen LogP contribution >= 0.6 is 0 Å². The number of pyridine rings is 1. The molecule has 4 aromatic rings. The Bertz CT molecular complexity index is 1260. The highest BCUT2D eigenvalue weighted by atomic mass is 19.4. The highest BCUT2D eigenvalue weighted by Crippen LogP contribution is 2.26. The molecule has 0 radical (unpaired) electrons. The summed E-state index contributed by atoms with van der Waals surface area (Å²) in [6.45, 7) is 1.09. The normalized spacial score (nSPS) is 17.3. The third-order valence-corrected chi connectivity index (χ3v) is 4.78. The molecule has 1 aliphatic rings. The summed E-state index contributed by atoms with van der Waals surface area (Å²) in [4.78, 5) is 13.1. The third kappa shape index (κ3) is 3.45. The number of rotatable bonds is 4. The summed E-state index contributed by atoms with van der Waals surface area (Å²) in [6.07, 6.45) is 4.11. The number of nitrogens with zero attached hydrogens (tertiary/aromatic N) is 8. The van der Waals surface area contributed by atoms with Gasteiger partial charge in [-0.3, -0.25) is 0 Å². The van der Waals surface area contributed by atoms with Crippen LogP contribution in [0.5, 0.6) is 0 Å². The molecule has 1 atom stereocenters. The first-order chi connectivity index (χ1) is 14.4. The highest BCUT2D eigenvalue weighted by Gasteiger charge is 2.33. The van der Waals surface area contributed by atoms with Crippen LogP contribution in [-0.4, -0.2) is 58.1 Å². The molecular weight excluding hydrogens is 399 g/mol. The molecular formula is C18H16F3N9. The van der Waals surface area contributed by atoms with Gasteiger partial charge in [0.25, 0.3) is 0 Å². The van der Waals surface area contributed by atoms with Gasteiger partial charge in [-0.2, -0.15) is 13.2 Å². The molecule has 1 unspecified atom stereocenters. The number of imidazole rings is 1. The minimum absolute atomic E-state index is 0.341. The molecule has 0 saturated carbocycles. The van der Waals surface area contributed by atoms with E-state index in [0.717, 1.165) is 16.2 Å². The number of hydrazine groups is 1. The van der Waals surface area contributed by atoms with Crippen molar-refractivity contribution in [2.24, 2.45) is 0 Å². The van der Waals surface area contributed by atoms with Crippen molar-refractivity contribution < 1.29 is 13.2 Å². The molecule has 30 heavy (non-hydrogen) atoms. The minimum Gasteiger partial charge on any atom is -0.307 e. The lowest BCUT2D eigenvalue weighted by Crippen LogP contribution is -2.40. The van der Waals surface area contributed by atoms with Gasteiger partial charge in [0.15, 0.2) is 5.65 Å². The van der Waals surface area contributed by atoms with Crippen molar-refractivity contribution in [1.82, 2.24) is 44.8 Å². The highest BCUT2D eigenvalue weighted by molar-refractivity contribution is 5.72. The van der Waals surface area contributed by atoms with E-state index in [-0.39, 0.29) is 6.04 Å². The Kier molecular flexibility index (Phi) is 4.17. The molecule has 1 aliphatic heterocycles. The van der Waals surface area contributed by atoms with Gasteiger partial charge in [0.1, 0.15) is 12.2 Å². The quantitative estimate of drug-likeness (QED) is 0.546. The second kappa shape index (κ2) is 6.76. The fourth-order valence-corrected chi connectivity index (χ4v) is 3.44. The molecule has 0 fully saturated rings. The Morgan fingerprint density at radius 2 is 2.07 bits per heavy atom. The van der Waals surface area contributed by atoms with Crippen molar-refractivity contribution in [3.05, 3.63) is 54.4 Å². The zero-order valence-corrected chi connectivity index (χ0v) is 15.7. The standard InChI is InChI=1S/C18H16F3N9/c1-11-13(9-29(26-11)10-18(19,20)21)14-6-23-16-17(24-14)30(27-25-16)8-12-2-3-15-22-4-5-28(15)7-12/h2-7,9,11,26H,8,10H2,1H3. The van der Waals surface area contributed by atoms with Gasteiger partial charge in [-0.1, -0.05) is 11.3 Å². The molecule has 0 saturated heterocycles. The number of nitrogens with one attached hydrogen (secondary N) is 1. The Morgan fingerprint density at radius 1 is 1.20 bits per heavy atom. The summed E-state index contributed by atoms with van der Waals surface area (Å²) in [5, 5.41) is 9.19. The van der Waals surface area contributed by atoms with Crippen molar-refractivity contribution >= 4 is 22.5 Å². The monoisotopic (exact) mass is 415 g/mol. The lowest BCUT2D eigenvalue weighted by atomic mass is 10.1. The van der Waals surface area contributed by atoms with Crippen molar-refractivity contribution in [3.63, 3.8) is 0 Å². The molecule has 5 rings (SSSR count). The number of hydrogen-bond donors (Lipinski definition) is 1. The van der Waals surface area contributed by atoms with Crippen LogP contribution in [0, 0.1) is 0 Å². The van der Waals surface area contributed by atoms with E-state index in [2.05, 4.69) is 30.7 Å². The Morgan fingerprint density at radius 3 is 2.90 bits per heavy atom. The van der Waals surface area contributed by atoms with Gasteiger partial charge in [-0.05, 0) is 18.6 Å². The molecule has 154 valence electrons. The van der Waals surface area contributed by atoms with Crippen LogP contribution in [0.1, 0.15) is 18.2 Å². The molecule has 1 N–H and O–H groups in total. The zero-order chi connectivity index (χ0) is 20.9. The molecule has 0 aliphatic carbocycles. The Labute approximate surface area is 167 Å². The van der Waals surface area contributed by atoms with Gasteiger partial charge in [0.05, 0.1) is 24.5 Å². The van der Waals surface area contributed by atoms with E-state index >= 15 is 0 Å². The first kappa shape index (κ1) is 18.5. The van der Waals surface area contributed by atoms with E-state index < -0.39 is 12.7 Å². The zero-order valence-electron chi connectivity index (χ0n) is 15.7. The van der Waals surface area contributed by atoms with E-state index in [9.17, 15) is 13.2 Å². The lowest BCUT2D eigenvalue weighted by molar-refractivity contribution is -0.144. The summed E-state index contributed by atoms with van der Waals surface area (Å²) in [6, 6.07) is 3.50. The molecule has 0 amide bonds. The van der Waals surface area contributed by atoms with Gasteiger partial charge in [0, 0.05) is 30.4 Å². The SMILES string of the molecule is CC1NN(CC(F)(F)F)C=C1c1cnc2nnn(Cc3ccc4nccn4c3)c2n1. The second-order valence-electron chi connectivity index (χ2n) is 7.06. The first-order valence-corrected chi connectivity index (χ1v) is 9.15. The third-order valence-electron chi connectivity index (χ3n) is 4.78. The Balaban J connectivity index is 1.46. The molecule has 5 heterocycles. The summed E-state index contributed by atoms with van der Waals surface area (Å²) in [7, 11) is 0. The van der Waals surface area contributed by atoms with Crippen molar-refractivity contribution in [3.8, 4) is 0 Å². The van der Waals surface area contributed by atoms with E-state index in [4.69, 9.17) is 0 Å². The summed E-state index contributed by atoms with van der Waals surface area (Å²) < 4.78 is 41.6. The lowest BCUT2D eigenvalue weighted by Gasteiger charge is -2.19. The maximum atomic E-state index is 12.7. The van der Waals surface area contributed by atoms with Gasteiger partial charge in [-0.15, -0.1) is 5.10 Å². The topological polar surface area (TPSA) is 89.1 Å². The van der Waals surface area contributed by atoms with Crippen LogP contribution in [0.2, 0.25) is 0 Å². The predicted molar refractivity (Wildman–Crippen MR) is 101 cm³/mol. The fraction of sp³-hybridized carbons (Fsp3) is 0.278. The summed E-state index contributed by atoms with van der Waals surface area (Å²) >= 11 is 0. The van der Waals surface area contributed by atoms with E-state index in [1.165, 1.54) is 12.4 Å². The van der Waals surface area contributed by atoms with Crippen molar-refractivity contribution in [2.45, 2.75) is 25.7 Å². The number of alkyl halides is 3. The van der Waals surface area contributed by atoms with Gasteiger partial charge >= 0.3 is 6.18 Å². The van der Waals surface area contributed by atoms with Crippen molar-refractivity contribution in [1.29, 1.82) is 0 Å². The summed E-state index contributed by atoms with van der Waals surface area (Å²) in [5.74, 6) is 0. The molecule has 4 aromatic heterocycles. The molecule has 12 heteroatoms. The van der Waals surface area contributed by atoms with Crippen LogP contribution in [0.3, 0.4) is 0 Å². The predicted octanol–water partition coefficient (Wildman–Crippen LogP) is 2.03. The van der Waals surface area contributed by atoms with Crippen LogP contribution in [0.4, 0.5) is 13.2 Å². The number of aromatic nitrogens is 7. The largest absolute Gasteiger partial charge is 0.407 e. The smallest absolute Gasteiger partial charge is 0.307 e. The minimum atomic E-state index is -4.31. The molecule has 9 nitrogen and oxygen atoms in total. The van der Waals surface area contributed by atoms with E-state index in [0.29, 0.717) is 29.1 Å². The number of fused-ring (bicyclic) bond motifs is 2. The molecule has 0 aromatic carbocycles.